The van der Waals surface area contributed by atoms with Crippen LogP contribution in [0.25, 0.3) is 0 Å². The third kappa shape index (κ3) is 3.30. The average molecular weight is 233 g/mol. The second-order valence-corrected chi connectivity index (χ2v) is 4.44. The topological polar surface area (TPSA) is 38.3 Å². The van der Waals surface area contributed by atoms with E-state index in [0.29, 0.717) is 12.6 Å². The van der Waals surface area contributed by atoms with Gasteiger partial charge in [-0.05, 0) is 31.7 Å². The Morgan fingerprint density at radius 2 is 2.12 bits per heavy atom. The zero-order valence-corrected chi connectivity index (χ0v) is 10.2. The Labute approximate surface area is 102 Å². The highest BCUT2D eigenvalue weighted by Gasteiger charge is 2.29. The Balaban J connectivity index is 1.84. The van der Waals surface area contributed by atoms with Crippen LogP contribution in [0.2, 0.25) is 0 Å². The molecule has 0 spiro atoms. The minimum Gasteiger partial charge on any atom is -0.465 e. The second-order valence-electron chi connectivity index (χ2n) is 4.44. The fourth-order valence-corrected chi connectivity index (χ4v) is 2.31. The standard InChI is InChI=1S/C14H19NO2/c1-2-17-14(16)13-9-8-12(15-13)10-11-6-4-3-5-7-11/h3-7,12-13,15H,2,8-10H2,1H3/t12?,13-/m0/s1. The van der Waals surface area contributed by atoms with Gasteiger partial charge in [0.25, 0.3) is 0 Å². The molecular weight excluding hydrogens is 214 g/mol. The SMILES string of the molecule is CCOC(=O)[C@@H]1CCC(Cc2ccccc2)N1. The summed E-state index contributed by atoms with van der Waals surface area (Å²) in [4.78, 5) is 11.6. The van der Waals surface area contributed by atoms with Gasteiger partial charge in [0.2, 0.25) is 0 Å². The van der Waals surface area contributed by atoms with Crippen LogP contribution in [0.5, 0.6) is 0 Å². The number of carbonyl (C=O) groups excluding carboxylic acids is 1. The molecule has 1 heterocycles. The largest absolute Gasteiger partial charge is 0.465 e. The van der Waals surface area contributed by atoms with E-state index in [1.165, 1.54) is 5.56 Å². The van der Waals surface area contributed by atoms with E-state index in [1.807, 2.05) is 25.1 Å². The zero-order chi connectivity index (χ0) is 12.1. The molecule has 2 rings (SSSR count). The maximum atomic E-state index is 11.6. The predicted octanol–water partition coefficient (Wildman–Crippen LogP) is 1.91. The van der Waals surface area contributed by atoms with Crippen LogP contribution in [0, 0.1) is 0 Å². The Morgan fingerprint density at radius 1 is 1.35 bits per heavy atom. The van der Waals surface area contributed by atoms with Crippen LogP contribution in [0.3, 0.4) is 0 Å². The van der Waals surface area contributed by atoms with Gasteiger partial charge in [-0.2, -0.15) is 0 Å². The van der Waals surface area contributed by atoms with E-state index in [0.717, 1.165) is 19.3 Å². The Bertz CT molecular complexity index is 364. The van der Waals surface area contributed by atoms with Crippen molar-refractivity contribution < 1.29 is 9.53 Å². The lowest BCUT2D eigenvalue weighted by atomic mass is 10.0. The molecule has 0 aromatic heterocycles. The molecule has 0 saturated carbocycles. The second kappa shape index (κ2) is 5.82. The van der Waals surface area contributed by atoms with Crippen molar-refractivity contribution in [3.63, 3.8) is 0 Å². The van der Waals surface area contributed by atoms with Crippen molar-refractivity contribution in [1.82, 2.24) is 5.32 Å². The molecule has 1 saturated heterocycles. The molecule has 1 unspecified atom stereocenters. The monoisotopic (exact) mass is 233 g/mol. The maximum Gasteiger partial charge on any atom is 0.323 e. The number of rotatable bonds is 4. The van der Waals surface area contributed by atoms with E-state index in [-0.39, 0.29) is 12.0 Å². The Morgan fingerprint density at radius 3 is 2.82 bits per heavy atom. The number of esters is 1. The number of carbonyl (C=O) groups is 1. The lowest BCUT2D eigenvalue weighted by molar-refractivity contribution is -0.145. The molecule has 1 aliphatic rings. The highest BCUT2D eigenvalue weighted by atomic mass is 16.5. The van der Waals surface area contributed by atoms with Crippen LogP contribution in [0.1, 0.15) is 25.3 Å². The summed E-state index contributed by atoms with van der Waals surface area (Å²) in [5, 5.41) is 3.35. The van der Waals surface area contributed by atoms with E-state index in [9.17, 15) is 4.79 Å². The smallest absolute Gasteiger partial charge is 0.323 e. The van der Waals surface area contributed by atoms with Crippen molar-refractivity contribution in [3.05, 3.63) is 35.9 Å². The number of ether oxygens (including phenoxy) is 1. The third-order valence-corrected chi connectivity index (χ3v) is 3.14. The summed E-state index contributed by atoms with van der Waals surface area (Å²) in [5.41, 5.74) is 1.31. The fourth-order valence-electron chi connectivity index (χ4n) is 2.31. The fraction of sp³-hybridized carbons (Fsp3) is 0.500. The van der Waals surface area contributed by atoms with Crippen molar-refractivity contribution in [2.75, 3.05) is 6.61 Å². The van der Waals surface area contributed by atoms with Gasteiger partial charge in [-0.15, -0.1) is 0 Å². The molecule has 1 aliphatic heterocycles. The van der Waals surface area contributed by atoms with Gasteiger partial charge in [-0.1, -0.05) is 30.3 Å². The first kappa shape index (κ1) is 12.1. The first-order valence-corrected chi connectivity index (χ1v) is 6.26. The van der Waals surface area contributed by atoms with Crippen molar-refractivity contribution in [3.8, 4) is 0 Å². The van der Waals surface area contributed by atoms with Gasteiger partial charge in [0, 0.05) is 6.04 Å². The number of benzene rings is 1. The molecule has 0 aliphatic carbocycles. The number of hydrogen-bond acceptors (Lipinski definition) is 3. The van der Waals surface area contributed by atoms with E-state index in [1.54, 1.807) is 0 Å². The Kier molecular flexibility index (Phi) is 4.15. The van der Waals surface area contributed by atoms with Crippen LogP contribution in [-0.2, 0) is 16.0 Å². The third-order valence-electron chi connectivity index (χ3n) is 3.14. The molecule has 0 bridgehead atoms. The number of nitrogens with one attached hydrogen (secondary N) is 1. The summed E-state index contributed by atoms with van der Waals surface area (Å²) in [5.74, 6) is -0.108. The van der Waals surface area contributed by atoms with E-state index < -0.39 is 0 Å². The van der Waals surface area contributed by atoms with Gasteiger partial charge in [0.05, 0.1) is 6.61 Å². The first-order chi connectivity index (χ1) is 8.29. The minimum absolute atomic E-state index is 0.108. The highest BCUT2D eigenvalue weighted by Crippen LogP contribution is 2.17. The summed E-state index contributed by atoms with van der Waals surface area (Å²) in [6.45, 7) is 2.30. The molecule has 1 aromatic carbocycles. The summed E-state index contributed by atoms with van der Waals surface area (Å²) in [6, 6.07) is 10.7. The lowest BCUT2D eigenvalue weighted by Gasteiger charge is -2.13. The van der Waals surface area contributed by atoms with Gasteiger partial charge >= 0.3 is 5.97 Å². The first-order valence-electron chi connectivity index (χ1n) is 6.26. The zero-order valence-electron chi connectivity index (χ0n) is 10.2. The van der Waals surface area contributed by atoms with Crippen LogP contribution in [0.4, 0.5) is 0 Å². The molecule has 1 N–H and O–H groups in total. The molecule has 1 aromatic rings. The summed E-state index contributed by atoms with van der Waals surface area (Å²) in [7, 11) is 0. The van der Waals surface area contributed by atoms with E-state index >= 15 is 0 Å². The molecular formula is C14H19NO2. The normalized spacial score (nSPS) is 23.6. The van der Waals surface area contributed by atoms with E-state index in [2.05, 4.69) is 17.4 Å². The lowest BCUT2D eigenvalue weighted by Crippen LogP contribution is -2.37. The summed E-state index contributed by atoms with van der Waals surface area (Å²) in [6.07, 6.45) is 2.91. The molecule has 3 nitrogen and oxygen atoms in total. The summed E-state index contributed by atoms with van der Waals surface area (Å²) < 4.78 is 5.02. The van der Waals surface area contributed by atoms with Crippen LogP contribution in [-0.4, -0.2) is 24.7 Å². The molecule has 2 atom stereocenters. The van der Waals surface area contributed by atoms with Crippen molar-refractivity contribution >= 4 is 5.97 Å². The van der Waals surface area contributed by atoms with Gasteiger partial charge in [-0.25, -0.2) is 0 Å². The predicted molar refractivity (Wildman–Crippen MR) is 66.7 cm³/mol. The molecule has 3 heteroatoms. The molecule has 92 valence electrons. The van der Waals surface area contributed by atoms with Crippen molar-refractivity contribution in [1.29, 1.82) is 0 Å². The number of hydrogen-bond donors (Lipinski definition) is 1. The van der Waals surface area contributed by atoms with Crippen molar-refractivity contribution in [2.45, 2.75) is 38.3 Å². The van der Waals surface area contributed by atoms with Crippen LogP contribution >= 0.6 is 0 Å². The van der Waals surface area contributed by atoms with Crippen molar-refractivity contribution in [2.24, 2.45) is 0 Å². The quantitative estimate of drug-likeness (QED) is 0.807. The molecule has 1 fully saturated rings. The minimum atomic E-state index is -0.108. The maximum absolute atomic E-state index is 11.6. The van der Waals surface area contributed by atoms with Gasteiger partial charge in [0.15, 0.2) is 0 Å². The molecule has 0 radical (unpaired) electrons. The Hall–Kier alpha value is -1.35. The molecule has 17 heavy (non-hydrogen) atoms. The molecule has 0 amide bonds. The highest BCUT2D eigenvalue weighted by molar-refractivity contribution is 5.76. The van der Waals surface area contributed by atoms with Crippen LogP contribution in [0.15, 0.2) is 30.3 Å². The van der Waals surface area contributed by atoms with Crippen LogP contribution < -0.4 is 5.32 Å². The van der Waals surface area contributed by atoms with E-state index in [4.69, 9.17) is 4.74 Å². The van der Waals surface area contributed by atoms with Gasteiger partial charge in [-0.3, -0.25) is 4.79 Å². The van der Waals surface area contributed by atoms with Gasteiger partial charge < -0.3 is 10.1 Å². The summed E-state index contributed by atoms with van der Waals surface area (Å²) >= 11 is 0. The average Bonchev–Trinajstić information content (AvgIpc) is 2.79. The van der Waals surface area contributed by atoms with Gasteiger partial charge in [0.1, 0.15) is 6.04 Å².